The highest BCUT2D eigenvalue weighted by Gasteiger charge is 2.22. The van der Waals surface area contributed by atoms with Gasteiger partial charge in [-0.05, 0) is 39.8 Å². The quantitative estimate of drug-likeness (QED) is 0.484. The van der Waals surface area contributed by atoms with Crippen molar-refractivity contribution in [2.45, 2.75) is 33.3 Å². The number of rotatable bonds is 4. The van der Waals surface area contributed by atoms with Crippen LogP contribution < -0.4 is 15.8 Å². The first-order valence-electron chi connectivity index (χ1n) is 9.91. The standard InChI is InChI=1S/C22H24N6O4/c1-12-10-16(32-27-12)20-26-17(18-19(23)24-8-9-28(18)20)13-6-7-14(15(11-13)30-5)25-21(29)31-22(2,3)4/h6-11H,1-5H3,(H2,23,24)(H,25,29). The summed E-state index contributed by atoms with van der Waals surface area (Å²) in [5, 5.41) is 6.66. The molecule has 4 aromatic rings. The number of aromatic nitrogens is 4. The predicted octanol–water partition coefficient (Wildman–Crippen LogP) is 4.30. The molecule has 0 aliphatic heterocycles. The van der Waals surface area contributed by atoms with Gasteiger partial charge in [-0.3, -0.25) is 9.72 Å². The van der Waals surface area contributed by atoms with Gasteiger partial charge in [0, 0.05) is 24.0 Å². The van der Waals surface area contributed by atoms with Crippen LogP contribution in [0.2, 0.25) is 0 Å². The topological polar surface area (TPSA) is 130 Å². The van der Waals surface area contributed by atoms with E-state index in [1.54, 1.807) is 61.8 Å². The van der Waals surface area contributed by atoms with E-state index in [4.69, 9.17) is 24.7 Å². The molecule has 0 spiro atoms. The third-order valence-corrected chi connectivity index (χ3v) is 4.54. The second kappa shape index (κ2) is 7.88. The summed E-state index contributed by atoms with van der Waals surface area (Å²) in [6.45, 7) is 7.22. The maximum absolute atomic E-state index is 12.2. The number of aryl methyl sites for hydroxylation is 1. The lowest BCUT2D eigenvalue weighted by molar-refractivity contribution is 0.0635. The summed E-state index contributed by atoms with van der Waals surface area (Å²) in [7, 11) is 1.52. The number of methoxy groups -OCH3 is 1. The molecule has 0 saturated heterocycles. The molecule has 3 N–H and O–H groups in total. The second-order valence-electron chi connectivity index (χ2n) is 8.19. The monoisotopic (exact) mass is 436 g/mol. The molecular weight excluding hydrogens is 412 g/mol. The number of benzene rings is 1. The van der Waals surface area contributed by atoms with Gasteiger partial charge in [0.25, 0.3) is 0 Å². The fourth-order valence-corrected chi connectivity index (χ4v) is 3.26. The van der Waals surface area contributed by atoms with E-state index in [1.807, 2.05) is 6.92 Å². The van der Waals surface area contributed by atoms with Crippen LogP contribution in [0.3, 0.4) is 0 Å². The molecule has 10 heteroatoms. The molecule has 0 bridgehead atoms. The van der Waals surface area contributed by atoms with Gasteiger partial charge in [0.05, 0.1) is 18.5 Å². The minimum absolute atomic E-state index is 0.312. The Kier molecular flexibility index (Phi) is 5.21. The summed E-state index contributed by atoms with van der Waals surface area (Å²) in [6, 6.07) is 7.08. The minimum atomic E-state index is -0.618. The van der Waals surface area contributed by atoms with Crippen LogP contribution in [0, 0.1) is 6.92 Å². The molecule has 0 unspecified atom stereocenters. The molecule has 0 atom stereocenters. The van der Waals surface area contributed by atoms with Crippen LogP contribution in [-0.4, -0.2) is 38.3 Å². The van der Waals surface area contributed by atoms with E-state index in [0.29, 0.717) is 40.1 Å². The van der Waals surface area contributed by atoms with Crippen LogP contribution in [0.5, 0.6) is 5.75 Å². The van der Waals surface area contributed by atoms with Gasteiger partial charge >= 0.3 is 6.09 Å². The van der Waals surface area contributed by atoms with E-state index >= 15 is 0 Å². The Bertz CT molecular complexity index is 1300. The largest absolute Gasteiger partial charge is 0.495 e. The van der Waals surface area contributed by atoms with Crippen molar-refractivity contribution in [3.63, 3.8) is 0 Å². The molecule has 0 saturated carbocycles. The third-order valence-electron chi connectivity index (χ3n) is 4.54. The molecule has 3 aromatic heterocycles. The van der Waals surface area contributed by atoms with Crippen LogP contribution >= 0.6 is 0 Å². The summed E-state index contributed by atoms with van der Waals surface area (Å²) in [4.78, 5) is 21.2. The van der Waals surface area contributed by atoms with Crippen LogP contribution in [0.4, 0.5) is 16.3 Å². The molecule has 1 amide bonds. The van der Waals surface area contributed by atoms with Gasteiger partial charge in [-0.1, -0.05) is 11.2 Å². The normalized spacial score (nSPS) is 11.5. The van der Waals surface area contributed by atoms with Gasteiger partial charge in [0.15, 0.2) is 5.82 Å². The Morgan fingerprint density at radius 2 is 2.03 bits per heavy atom. The number of nitrogens with zero attached hydrogens (tertiary/aromatic N) is 4. The highest BCUT2D eigenvalue weighted by atomic mass is 16.6. The van der Waals surface area contributed by atoms with Gasteiger partial charge in [-0.15, -0.1) is 0 Å². The molecule has 0 aliphatic carbocycles. The first-order chi connectivity index (χ1) is 15.2. The van der Waals surface area contributed by atoms with Crippen LogP contribution in [0.1, 0.15) is 26.5 Å². The van der Waals surface area contributed by atoms with Crippen molar-refractivity contribution in [2.75, 3.05) is 18.2 Å². The van der Waals surface area contributed by atoms with Gasteiger partial charge in [-0.2, -0.15) is 0 Å². The number of carbonyl (C=O) groups excluding carboxylic acids is 1. The number of fused-ring (bicyclic) bond motifs is 1. The van der Waals surface area contributed by atoms with Crippen molar-refractivity contribution in [1.82, 2.24) is 19.5 Å². The average molecular weight is 436 g/mol. The number of nitrogens with two attached hydrogens (primary N) is 1. The highest BCUT2D eigenvalue weighted by molar-refractivity contribution is 5.91. The number of amides is 1. The Hall–Kier alpha value is -4.08. The fourth-order valence-electron chi connectivity index (χ4n) is 3.26. The van der Waals surface area contributed by atoms with Gasteiger partial charge in [-0.25, -0.2) is 14.8 Å². The lowest BCUT2D eigenvalue weighted by atomic mass is 10.1. The van der Waals surface area contributed by atoms with Gasteiger partial charge < -0.3 is 19.7 Å². The summed E-state index contributed by atoms with van der Waals surface area (Å²) < 4.78 is 18.0. The average Bonchev–Trinajstić information content (AvgIpc) is 3.31. The number of nitrogen functional groups attached to an aromatic ring is 1. The lowest BCUT2D eigenvalue weighted by Gasteiger charge is -2.20. The molecule has 0 fully saturated rings. The van der Waals surface area contributed by atoms with Gasteiger partial charge in [0.2, 0.25) is 5.76 Å². The van der Waals surface area contributed by atoms with Crippen molar-refractivity contribution in [1.29, 1.82) is 0 Å². The molecule has 4 rings (SSSR count). The number of ether oxygens (including phenoxy) is 2. The SMILES string of the molecule is COc1cc(-c2nc(-c3cc(C)no3)n3ccnc(N)c23)ccc1NC(=O)OC(C)(C)C. The molecule has 10 nitrogen and oxygen atoms in total. The fraction of sp³-hybridized carbons (Fsp3) is 0.273. The maximum Gasteiger partial charge on any atom is 0.412 e. The van der Waals surface area contributed by atoms with E-state index in [2.05, 4.69) is 15.5 Å². The molecule has 0 aliphatic rings. The van der Waals surface area contributed by atoms with Crippen molar-refractivity contribution < 1.29 is 18.8 Å². The van der Waals surface area contributed by atoms with E-state index < -0.39 is 11.7 Å². The van der Waals surface area contributed by atoms with E-state index in [9.17, 15) is 4.79 Å². The Labute approximate surface area is 184 Å². The van der Waals surface area contributed by atoms with Crippen LogP contribution in [0.25, 0.3) is 28.4 Å². The second-order valence-corrected chi connectivity index (χ2v) is 8.19. The zero-order valence-corrected chi connectivity index (χ0v) is 18.5. The van der Waals surface area contributed by atoms with E-state index in [1.165, 1.54) is 7.11 Å². The number of hydrogen-bond donors (Lipinski definition) is 2. The Balaban J connectivity index is 1.78. The van der Waals surface area contributed by atoms with E-state index in [0.717, 1.165) is 11.3 Å². The van der Waals surface area contributed by atoms with Crippen molar-refractivity contribution in [3.8, 4) is 28.6 Å². The van der Waals surface area contributed by atoms with Crippen molar-refractivity contribution in [2.24, 2.45) is 0 Å². The Morgan fingerprint density at radius 3 is 2.69 bits per heavy atom. The predicted molar refractivity (Wildman–Crippen MR) is 119 cm³/mol. The number of hydrogen-bond acceptors (Lipinski definition) is 8. The first-order valence-corrected chi connectivity index (χ1v) is 9.91. The zero-order valence-electron chi connectivity index (χ0n) is 18.5. The van der Waals surface area contributed by atoms with E-state index in [-0.39, 0.29) is 0 Å². The van der Waals surface area contributed by atoms with Crippen LogP contribution in [-0.2, 0) is 4.74 Å². The molecular formula is C22H24N6O4. The number of carbonyl (C=O) groups is 1. The number of anilines is 2. The summed E-state index contributed by atoms with van der Waals surface area (Å²) >= 11 is 0. The number of imidazole rings is 1. The minimum Gasteiger partial charge on any atom is -0.495 e. The third kappa shape index (κ3) is 4.07. The maximum atomic E-state index is 12.2. The summed E-state index contributed by atoms with van der Waals surface area (Å²) in [5.41, 5.74) is 8.70. The molecule has 1 aromatic carbocycles. The molecule has 166 valence electrons. The molecule has 3 heterocycles. The van der Waals surface area contributed by atoms with Crippen LogP contribution in [0.15, 0.2) is 41.2 Å². The van der Waals surface area contributed by atoms with Gasteiger partial charge in [0.1, 0.15) is 28.4 Å². The Morgan fingerprint density at radius 1 is 1.25 bits per heavy atom. The molecule has 0 radical (unpaired) electrons. The smallest absolute Gasteiger partial charge is 0.412 e. The summed E-state index contributed by atoms with van der Waals surface area (Å²) in [5.74, 6) is 1.80. The highest BCUT2D eigenvalue weighted by Crippen LogP contribution is 2.36. The lowest BCUT2D eigenvalue weighted by Crippen LogP contribution is -2.27. The van der Waals surface area contributed by atoms with Crippen molar-refractivity contribution >= 4 is 23.1 Å². The first kappa shape index (κ1) is 21.2. The molecule has 32 heavy (non-hydrogen) atoms. The zero-order chi connectivity index (χ0) is 23.0. The number of nitrogens with one attached hydrogen (secondary N) is 1. The van der Waals surface area contributed by atoms with Crippen molar-refractivity contribution in [3.05, 3.63) is 42.4 Å². The summed E-state index contributed by atoms with van der Waals surface area (Å²) in [6.07, 6.45) is 2.77.